The van der Waals surface area contributed by atoms with Gasteiger partial charge in [0.15, 0.2) is 0 Å². The fraction of sp³-hybridized carbons (Fsp3) is 0.833. The number of carboxylic acid groups (broad SMARTS) is 1. The molecule has 6 heteroatoms. The van der Waals surface area contributed by atoms with Crippen molar-refractivity contribution in [2.24, 2.45) is 0 Å². The highest BCUT2D eigenvalue weighted by atomic mass is 32.2. The first-order chi connectivity index (χ1) is 8.60. The molecule has 0 aromatic carbocycles. The number of nitrogens with one attached hydrogen (secondary N) is 1. The van der Waals surface area contributed by atoms with Gasteiger partial charge in [0.05, 0.1) is 0 Å². The minimum atomic E-state index is -0.954. The minimum Gasteiger partial charge on any atom is -0.480 e. The van der Waals surface area contributed by atoms with Gasteiger partial charge in [-0.15, -0.1) is 0 Å². The topological polar surface area (TPSA) is 69.6 Å². The summed E-state index contributed by atoms with van der Waals surface area (Å²) in [6, 6.07) is -0.684. The molecule has 0 bridgehead atoms. The van der Waals surface area contributed by atoms with Gasteiger partial charge >= 0.3 is 12.0 Å². The molecule has 1 atom stereocenters. The first-order valence-corrected chi connectivity index (χ1v) is 7.78. The first kappa shape index (κ1) is 15.1. The van der Waals surface area contributed by atoms with Gasteiger partial charge < -0.3 is 15.3 Å². The van der Waals surface area contributed by atoms with Gasteiger partial charge in [-0.1, -0.05) is 6.92 Å². The highest BCUT2D eigenvalue weighted by molar-refractivity contribution is 7.98. The summed E-state index contributed by atoms with van der Waals surface area (Å²) in [6.07, 6.45) is 5.36. The molecule has 0 heterocycles. The number of carboxylic acids is 1. The van der Waals surface area contributed by atoms with Crippen molar-refractivity contribution in [3.05, 3.63) is 0 Å². The second kappa shape index (κ2) is 7.51. The van der Waals surface area contributed by atoms with Crippen molar-refractivity contribution in [1.82, 2.24) is 10.2 Å². The summed E-state index contributed by atoms with van der Waals surface area (Å²) in [5.41, 5.74) is 0. The first-order valence-electron chi connectivity index (χ1n) is 6.39. The lowest BCUT2D eigenvalue weighted by atomic mass is 10.2. The van der Waals surface area contributed by atoms with Gasteiger partial charge in [-0.3, -0.25) is 0 Å². The number of urea groups is 1. The van der Waals surface area contributed by atoms with Crippen molar-refractivity contribution in [2.75, 3.05) is 18.6 Å². The molecule has 0 radical (unpaired) electrons. The minimum absolute atomic E-state index is 0.229. The van der Waals surface area contributed by atoms with Gasteiger partial charge in [-0.25, -0.2) is 9.59 Å². The predicted octanol–water partition coefficient (Wildman–Crippen LogP) is 1.78. The average Bonchev–Trinajstić information content (AvgIpc) is 3.14. The standard InChI is InChI=1S/C12H22N2O3S/c1-3-7-14(9-4-5-9)12(17)13-10(11(15)16)6-8-18-2/h9-10H,3-8H2,1-2H3,(H,13,17)(H,15,16). The smallest absolute Gasteiger partial charge is 0.326 e. The van der Waals surface area contributed by atoms with E-state index in [0.29, 0.717) is 19.0 Å². The number of hydrogen-bond donors (Lipinski definition) is 2. The molecule has 0 spiro atoms. The summed E-state index contributed by atoms with van der Waals surface area (Å²) in [4.78, 5) is 24.9. The molecule has 0 aromatic heterocycles. The number of carbonyl (C=O) groups excluding carboxylic acids is 1. The summed E-state index contributed by atoms with van der Waals surface area (Å²) >= 11 is 1.58. The fourth-order valence-corrected chi connectivity index (χ4v) is 2.27. The fourth-order valence-electron chi connectivity index (χ4n) is 1.80. The van der Waals surface area contributed by atoms with E-state index in [4.69, 9.17) is 5.11 Å². The Bertz CT molecular complexity index is 295. The van der Waals surface area contributed by atoms with Crippen LogP contribution >= 0.6 is 11.8 Å². The normalized spacial score (nSPS) is 16.1. The maximum atomic E-state index is 12.0. The quantitative estimate of drug-likeness (QED) is 0.708. The van der Waals surface area contributed by atoms with Crippen molar-refractivity contribution in [3.63, 3.8) is 0 Å². The monoisotopic (exact) mass is 274 g/mol. The van der Waals surface area contributed by atoms with Crippen molar-refractivity contribution < 1.29 is 14.7 Å². The second-order valence-electron chi connectivity index (χ2n) is 4.55. The summed E-state index contributed by atoms with van der Waals surface area (Å²) in [6.45, 7) is 2.72. The highest BCUT2D eigenvalue weighted by Gasteiger charge is 2.33. The van der Waals surface area contributed by atoms with Gasteiger partial charge in [0.25, 0.3) is 0 Å². The molecule has 0 aromatic rings. The van der Waals surface area contributed by atoms with Crippen LogP contribution in [0.25, 0.3) is 0 Å². The van der Waals surface area contributed by atoms with Crippen LogP contribution in [0.5, 0.6) is 0 Å². The van der Waals surface area contributed by atoms with Gasteiger partial charge in [0, 0.05) is 12.6 Å². The van der Waals surface area contributed by atoms with Crippen molar-refractivity contribution in [1.29, 1.82) is 0 Å². The third-order valence-corrected chi connectivity index (χ3v) is 3.56. The number of rotatable bonds is 8. The van der Waals surface area contributed by atoms with E-state index in [2.05, 4.69) is 5.32 Å². The Morgan fingerprint density at radius 1 is 1.50 bits per heavy atom. The van der Waals surface area contributed by atoms with Gasteiger partial charge in [0.1, 0.15) is 6.04 Å². The van der Waals surface area contributed by atoms with E-state index >= 15 is 0 Å². The molecular formula is C12H22N2O3S. The molecule has 1 aliphatic carbocycles. The van der Waals surface area contributed by atoms with Crippen molar-refractivity contribution in [3.8, 4) is 0 Å². The van der Waals surface area contributed by atoms with Gasteiger partial charge in [0.2, 0.25) is 0 Å². The predicted molar refractivity (Wildman–Crippen MR) is 73.0 cm³/mol. The van der Waals surface area contributed by atoms with E-state index in [9.17, 15) is 9.59 Å². The molecule has 1 aliphatic rings. The van der Waals surface area contributed by atoms with E-state index in [1.807, 2.05) is 13.2 Å². The Kier molecular flexibility index (Phi) is 6.32. The lowest BCUT2D eigenvalue weighted by Gasteiger charge is -2.24. The third kappa shape index (κ3) is 4.76. The summed E-state index contributed by atoms with van der Waals surface area (Å²) in [5.74, 6) is -0.223. The zero-order chi connectivity index (χ0) is 13.5. The zero-order valence-electron chi connectivity index (χ0n) is 11.0. The number of hydrogen-bond acceptors (Lipinski definition) is 3. The van der Waals surface area contributed by atoms with Crippen molar-refractivity contribution in [2.45, 2.75) is 44.7 Å². The summed E-state index contributed by atoms with van der Waals surface area (Å²) in [7, 11) is 0. The highest BCUT2D eigenvalue weighted by Crippen LogP contribution is 2.27. The molecule has 1 unspecified atom stereocenters. The number of aliphatic carboxylic acids is 1. The Balaban J connectivity index is 2.49. The molecule has 1 fully saturated rings. The van der Waals surface area contributed by atoms with E-state index in [0.717, 1.165) is 25.0 Å². The molecule has 2 amide bonds. The average molecular weight is 274 g/mol. The molecule has 2 N–H and O–H groups in total. The van der Waals surface area contributed by atoms with Crippen LogP contribution in [0, 0.1) is 0 Å². The van der Waals surface area contributed by atoms with Crippen LogP contribution in [0.3, 0.4) is 0 Å². The van der Waals surface area contributed by atoms with Crippen LogP contribution in [0.15, 0.2) is 0 Å². The van der Waals surface area contributed by atoms with Crippen LogP contribution in [-0.2, 0) is 4.79 Å². The number of nitrogens with zero attached hydrogens (tertiary/aromatic N) is 1. The largest absolute Gasteiger partial charge is 0.480 e. The van der Waals surface area contributed by atoms with Crippen LogP contribution in [0.2, 0.25) is 0 Å². The maximum absolute atomic E-state index is 12.0. The SMILES string of the molecule is CCCN(C(=O)NC(CCSC)C(=O)O)C1CC1. The van der Waals surface area contributed by atoms with Crippen LogP contribution < -0.4 is 5.32 Å². The molecule has 1 rings (SSSR count). The van der Waals surface area contributed by atoms with Gasteiger partial charge in [-0.2, -0.15) is 11.8 Å². The van der Waals surface area contributed by atoms with E-state index in [-0.39, 0.29) is 6.03 Å². The zero-order valence-corrected chi connectivity index (χ0v) is 11.8. The van der Waals surface area contributed by atoms with E-state index in [1.165, 1.54) is 0 Å². The molecule has 18 heavy (non-hydrogen) atoms. The molecule has 0 aliphatic heterocycles. The Labute approximate surface area is 112 Å². The Hall–Kier alpha value is -0.910. The molecule has 1 saturated carbocycles. The van der Waals surface area contributed by atoms with Crippen LogP contribution in [0.4, 0.5) is 4.79 Å². The molecule has 0 saturated heterocycles. The second-order valence-corrected chi connectivity index (χ2v) is 5.53. The Morgan fingerprint density at radius 3 is 2.61 bits per heavy atom. The summed E-state index contributed by atoms with van der Waals surface area (Å²) in [5, 5.41) is 11.7. The van der Waals surface area contributed by atoms with Crippen molar-refractivity contribution >= 4 is 23.8 Å². The molecule has 104 valence electrons. The number of carbonyl (C=O) groups is 2. The number of amides is 2. The van der Waals surface area contributed by atoms with Gasteiger partial charge in [-0.05, 0) is 37.7 Å². The van der Waals surface area contributed by atoms with Crippen LogP contribution in [0.1, 0.15) is 32.6 Å². The Morgan fingerprint density at radius 2 is 2.17 bits per heavy atom. The van der Waals surface area contributed by atoms with E-state index < -0.39 is 12.0 Å². The van der Waals surface area contributed by atoms with E-state index in [1.54, 1.807) is 16.7 Å². The molecule has 5 nitrogen and oxygen atoms in total. The lowest BCUT2D eigenvalue weighted by molar-refractivity contribution is -0.139. The third-order valence-electron chi connectivity index (χ3n) is 2.92. The van der Waals surface area contributed by atoms with Crippen LogP contribution in [-0.4, -0.2) is 52.6 Å². The lowest BCUT2D eigenvalue weighted by Crippen LogP contribution is -2.49. The maximum Gasteiger partial charge on any atom is 0.326 e. The number of thioether (sulfide) groups is 1. The molecular weight excluding hydrogens is 252 g/mol. The summed E-state index contributed by atoms with van der Waals surface area (Å²) < 4.78 is 0.